The van der Waals surface area contributed by atoms with Crippen LogP contribution >= 0.6 is 15.9 Å². The summed E-state index contributed by atoms with van der Waals surface area (Å²) in [5.41, 5.74) is 2.63. The molecular weight excluding hydrogens is 374 g/mol. The molecule has 6 heteroatoms. The predicted molar refractivity (Wildman–Crippen MR) is 95.3 cm³/mol. The molecule has 0 spiro atoms. The van der Waals surface area contributed by atoms with E-state index in [1.807, 2.05) is 24.3 Å². The quantitative estimate of drug-likeness (QED) is 0.856. The fraction of sp³-hybridized carbons (Fsp3) is 0.278. The summed E-state index contributed by atoms with van der Waals surface area (Å²) in [5.74, 6) is 1.47. The van der Waals surface area contributed by atoms with Crippen molar-refractivity contribution in [2.75, 3.05) is 26.6 Å². The number of hydrogen-bond acceptors (Lipinski definition) is 4. The number of fused-ring (bicyclic) bond motifs is 1. The molecule has 5 nitrogen and oxygen atoms in total. The molecular formula is C18H18BrNO4. The Morgan fingerprint density at radius 1 is 1.04 bits per heavy atom. The van der Waals surface area contributed by atoms with Crippen LogP contribution in [-0.4, -0.2) is 27.2 Å². The second-order valence-electron chi connectivity index (χ2n) is 5.46. The lowest BCUT2D eigenvalue weighted by Crippen LogP contribution is -2.24. The third-order valence-electron chi connectivity index (χ3n) is 4.15. The summed E-state index contributed by atoms with van der Waals surface area (Å²) in [6.45, 7) is 0. The van der Waals surface area contributed by atoms with Gasteiger partial charge in [0.15, 0.2) is 11.5 Å². The Bertz CT molecular complexity index is 774. The molecule has 126 valence electrons. The van der Waals surface area contributed by atoms with Gasteiger partial charge in [-0.3, -0.25) is 4.79 Å². The van der Waals surface area contributed by atoms with Crippen LogP contribution in [0, 0.1) is 0 Å². The van der Waals surface area contributed by atoms with Gasteiger partial charge in [0.25, 0.3) is 0 Å². The summed E-state index contributed by atoms with van der Waals surface area (Å²) in [6, 6.07) is 9.73. The summed E-state index contributed by atoms with van der Waals surface area (Å²) in [6.07, 6.45) is 0.348. The van der Waals surface area contributed by atoms with Gasteiger partial charge in [-0.2, -0.15) is 0 Å². The number of rotatable bonds is 4. The van der Waals surface area contributed by atoms with E-state index in [4.69, 9.17) is 14.2 Å². The molecule has 0 fully saturated rings. The molecule has 3 rings (SSSR count). The van der Waals surface area contributed by atoms with E-state index in [-0.39, 0.29) is 11.8 Å². The molecule has 1 heterocycles. The van der Waals surface area contributed by atoms with Gasteiger partial charge in [-0.1, -0.05) is 28.1 Å². The molecule has 1 aliphatic rings. The van der Waals surface area contributed by atoms with E-state index in [1.165, 1.54) is 0 Å². The number of halogens is 1. The Morgan fingerprint density at radius 2 is 1.71 bits per heavy atom. The van der Waals surface area contributed by atoms with Gasteiger partial charge in [-0.25, -0.2) is 0 Å². The third-order valence-corrected chi connectivity index (χ3v) is 4.68. The smallest absolute Gasteiger partial charge is 0.225 e. The van der Waals surface area contributed by atoms with E-state index in [2.05, 4.69) is 21.2 Å². The highest BCUT2D eigenvalue weighted by atomic mass is 79.9. The molecule has 0 radical (unpaired) electrons. The monoisotopic (exact) mass is 391 g/mol. The van der Waals surface area contributed by atoms with Gasteiger partial charge in [-0.05, 0) is 17.7 Å². The first kappa shape index (κ1) is 16.6. The van der Waals surface area contributed by atoms with Crippen molar-refractivity contribution in [1.82, 2.24) is 0 Å². The summed E-state index contributed by atoms with van der Waals surface area (Å²) in [4.78, 5) is 12.2. The van der Waals surface area contributed by atoms with Gasteiger partial charge in [0.2, 0.25) is 11.7 Å². The molecule has 0 aromatic heterocycles. The van der Waals surface area contributed by atoms with Crippen LogP contribution in [0.15, 0.2) is 34.8 Å². The van der Waals surface area contributed by atoms with E-state index < -0.39 is 0 Å². The zero-order valence-corrected chi connectivity index (χ0v) is 15.3. The minimum absolute atomic E-state index is 0.0373. The minimum Gasteiger partial charge on any atom is -0.493 e. The molecule has 1 atom stereocenters. The van der Waals surface area contributed by atoms with Gasteiger partial charge in [-0.15, -0.1) is 0 Å². The fourth-order valence-corrected chi connectivity index (χ4v) is 3.36. The van der Waals surface area contributed by atoms with Crippen LogP contribution < -0.4 is 19.5 Å². The van der Waals surface area contributed by atoms with Crippen LogP contribution in [0.25, 0.3) is 0 Å². The molecule has 0 saturated carbocycles. The summed E-state index contributed by atoms with van der Waals surface area (Å²) in [7, 11) is 4.72. The van der Waals surface area contributed by atoms with Gasteiger partial charge in [0.05, 0.1) is 27.0 Å². The molecule has 2 aromatic carbocycles. The van der Waals surface area contributed by atoms with Gasteiger partial charge in [0.1, 0.15) is 0 Å². The summed E-state index contributed by atoms with van der Waals surface area (Å²) in [5, 5.41) is 2.91. The number of carbonyl (C=O) groups excluding carboxylic acids is 1. The molecule has 1 unspecified atom stereocenters. The van der Waals surface area contributed by atoms with Crippen LogP contribution in [0.2, 0.25) is 0 Å². The number of amides is 1. The number of benzene rings is 2. The van der Waals surface area contributed by atoms with E-state index in [0.717, 1.165) is 15.6 Å². The molecule has 0 bridgehead atoms. The van der Waals surface area contributed by atoms with Crippen molar-refractivity contribution >= 4 is 27.5 Å². The Kier molecular flexibility index (Phi) is 4.66. The lowest BCUT2D eigenvalue weighted by atomic mass is 9.84. The maximum atomic E-state index is 12.2. The number of methoxy groups -OCH3 is 3. The van der Waals surface area contributed by atoms with E-state index in [9.17, 15) is 4.79 Å². The number of nitrogens with one attached hydrogen (secondary N) is 1. The molecule has 24 heavy (non-hydrogen) atoms. The highest BCUT2D eigenvalue weighted by molar-refractivity contribution is 9.10. The summed E-state index contributed by atoms with van der Waals surface area (Å²) < 4.78 is 17.5. The molecule has 0 saturated heterocycles. The Hall–Kier alpha value is -2.21. The zero-order valence-electron chi connectivity index (χ0n) is 13.7. The van der Waals surface area contributed by atoms with E-state index in [1.54, 1.807) is 27.4 Å². The highest BCUT2D eigenvalue weighted by Gasteiger charge is 2.33. The largest absolute Gasteiger partial charge is 0.493 e. The summed E-state index contributed by atoms with van der Waals surface area (Å²) >= 11 is 3.44. The van der Waals surface area contributed by atoms with Crippen LogP contribution in [0.1, 0.15) is 23.5 Å². The van der Waals surface area contributed by atoms with Gasteiger partial charge < -0.3 is 19.5 Å². The second kappa shape index (κ2) is 6.73. The normalized spacial score (nSPS) is 16.2. The van der Waals surface area contributed by atoms with Crippen molar-refractivity contribution in [3.8, 4) is 17.2 Å². The predicted octanol–water partition coefficient (Wildman–Crippen LogP) is 3.95. The lowest BCUT2D eigenvalue weighted by Gasteiger charge is -2.29. The van der Waals surface area contributed by atoms with Crippen molar-refractivity contribution in [1.29, 1.82) is 0 Å². The molecule has 1 amide bonds. The maximum Gasteiger partial charge on any atom is 0.225 e. The van der Waals surface area contributed by atoms with E-state index in [0.29, 0.717) is 29.4 Å². The van der Waals surface area contributed by atoms with Crippen molar-refractivity contribution < 1.29 is 19.0 Å². The lowest BCUT2D eigenvalue weighted by molar-refractivity contribution is -0.116. The zero-order chi connectivity index (χ0) is 17.3. The highest BCUT2D eigenvalue weighted by Crippen LogP contribution is 2.51. The van der Waals surface area contributed by atoms with Crippen molar-refractivity contribution in [2.24, 2.45) is 0 Å². The van der Waals surface area contributed by atoms with Crippen molar-refractivity contribution in [3.63, 3.8) is 0 Å². The molecule has 1 aliphatic heterocycles. The number of anilines is 1. The second-order valence-corrected chi connectivity index (χ2v) is 6.38. The number of hydrogen-bond donors (Lipinski definition) is 1. The van der Waals surface area contributed by atoms with Crippen LogP contribution in [0.3, 0.4) is 0 Å². The fourth-order valence-electron chi connectivity index (χ4n) is 3.10. The average molecular weight is 392 g/mol. The number of ether oxygens (including phenoxy) is 3. The van der Waals surface area contributed by atoms with Crippen LogP contribution in [0.4, 0.5) is 5.69 Å². The third kappa shape index (κ3) is 2.82. The topological polar surface area (TPSA) is 56.8 Å². The maximum absolute atomic E-state index is 12.2. The van der Waals surface area contributed by atoms with Gasteiger partial charge in [0, 0.05) is 28.4 Å². The van der Waals surface area contributed by atoms with Crippen molar-refractivity contribution in [3.05, 3.63) is 45.9 Å². The first-order chi connectivity index (χ1) is 11.6. The Labute approximate surface area is 149 Å². The van der Waals surface area contributed by atoms with Crippen LogP contribution in [0.5, 0.6) is 17.2 Å². The standard InChI is InChI=1S/C18H18BrNO4/c1-22-14-9-13-16(18(24-3)17(14)23-2)12(8-15(21)20-13)10-4-6-11(19)7-5-10/h4-7,9,12H,8H2,1-3H3,(H,20,21). The SMILES string of the molecule is COc1cc2c(c(OC)c1OC)C(c1ccc(Br)cc1)CC(=O)N2. The van der Waals surface area contributed by atoms with Crippen LogP contribution in [-0.2, 0) is 4.79 Å². The first-order valence-corrected chi connectivity index (χ1v) is 8.26. The Morgan fingerprint density at radius 3 is 2.29 bits per heavy atom. The molecule has 2 aromatic rings. The first-order valence-electron chi connectivity index (χ1n) is 7.47. The Balaban J connectivity index is 2.23. The van der Waals surface area contributed by atoms with E-state index >= 15 is 0 Å². The molecule has 0 aliphatic carbocycles. The van der Waals surface area contributed by atoms with Gasteiger partial charge >= 0.3 is 0 Å². The average Bonchev–Trinajstić information content (AvgIpc) is 2.59. The number of carbonyl (C=O) groups is 1. The van der Waals surface area contributed by atoms with Crippen molar-refractivity contribution in [2.45, 2.75) is 12.3 Å². The minimum atomic E-state index is -0.114. The molecule has 1 N–H and O–H groups in total.